The van der Waals surface area contributed by atoms with E-state index in [2.05, 4.69) is 69.5 Å². The number of nitrogens with one attached hydrogen (secondary N) is 6. The molecular weight excluding hydrogens is 951 g/mol. The van der Waals surface area contributed by atoms with Gasteiger partial charge in [-0.15, -0.1) is 0 Å². The molecule has 7 unspecified atom stereocenters. The molecule has 32 heteroatoms. The summed E-state index contributed by atoms with van der Waals surface area (Å²) in [6.45, 7) is 0.551. The van der Waals surface area contributed by atoms with Gasteiger partial charge in [0.25, 0.3) is 0 Å². The first-order valence-electron chi connectivity index (χ1n) is 22.9. The molecule has 404 valence electrons. The minimum absolute atomic E-state index is 0.00493. The summed E-state index contributed by atoms with van der Waals surface area (Å²) in [5, 5.41) is 25.4. The summed E-state index contributed by atoms with van der Waals surface area (Å²) in [5.41, 5.74) is 66.1. The average molecular weight is 1030 g/mol. The van der Waals surface area contributed by atoms with Crippen molar-refractivity contribution in [3.05, 3.63) is 0 Å². The van der Waals surface area contributed by atoms with Gasteiger partial charge in [0.05, 0.1) is 6.04 Å². The summed E-state index contributed by atoms with van der Waals surface area (Å²) in [6, 6.07) is -9.14. The SMILES string of the molecule is NCCCCC(NC(=O)C(CCCN=C(N)N)NC(=O)C(CCCN=C(N)N)NC(=O)C(CCCN=C(N)N)NC(=O)C(N)CS)C(=O)NC(CCCN=C(N)N)C(=O)NC(CCCN=C(N)N)C(=O)O. The van der Waals surface area contributed by atoms with Crippen LogP contribution in [0.5, 0.6) is 0 Å². The van der Waals surface area contributed by atoms with E-state index in [1.807, 2.05) is 0 Å². The van der Waals surface area contributed by atoms with E-state index in [1.54, 1.807) is 0 Å². The normalized spacial score (nSPS) is 13.6. The molecule has 0 heterocycles. The van der Waals surface area contributed by atoms with Crippen molar-refractivity contribution < 1.29 is 38.7 Å². The zero-order valence-corrected chi connectivity index (χ0v) is 41.0. The van der Waals surface area contributed by atoms with E-state index in [9.17, 15) is 38.7 Å². The minimum atomic E-state index is -1.39. The van der Waals surface area contributed by atoms with Crippen LogP contribution in [-0.2, 0) is 33.6 Å². The van der Waals surface area contributed by atoms with E-state index >= 15 is 0 Å². The maximum Gasteiger partial charge on any atom is 0.326 e. The van der Waals surface area contributed by atoms with Crippen LogP contribution in [0.4, 0.5) is 0 Å². The summed E-state index contributed by atoms with van der Waals surface area (Å²) in [5.74, 6) is -7.35. The first-order chi connectivity index (χ1) is 33.5. The molecule has 31 nitrogen and oxygen atoms in total. The van der Waals surface area contributed by atoms with Crippen molar-refractivity contribution in [2.75, 3.05) is 45.0 Å². The quantitative estimate of drug-likeness (QED) is 0.0118. The van der Waals surface area contributed by atoms with E-state index in [0.717, 1.165) is 0 Å². The van der Waals surface area contributed by atoms with Crippen molar-refractivity contribution in [1.29, 1.82) is 0 Å². The van der Waals surface area contributed by atoms with E-state index in [4.69, 9.17) is 68.8 Å². The third kappa shape index (κ3) is 30.9. The van der Waals surface area contributed by atoms with Gasteiger partial charge in [-0.2, -0.15) is 12.6 Å². The molecule has 0 aliphatic heterocycles. The lowest BCUT2D eigenvalue weighted by atomic mass is 10.0. The molecule has 6 amide bonds. The smallest absolute Gasteiger partial charge is 0.326 e. The number of carbonyl (C=O) groups excluding carboxylic acids is 6. The predicted octanol–water partition coefficient (Wildman–Crippen LogP) is -8.37. The second kappa shape index (κ2) is 36.8. The number of carboxylic acids is 1. The highest BCUT2D eigenvalue weighted by atomic mass is 32.1. The number of carboxylic acid groups (broad SMARTS) is 1. The number of aliphatic imine (C=N–C) groups is 5. The van der Waals surface area contributed by atoms with Crippen LogP contribution >= 0.6 is 12.6 Å². The summed E-state index contributed by atoms with van der Waals surface area (Å²) >= 11 is 4.05. The van der Waals surface area contributed by atoms with Gasteiger partial charge >= 0.3 is 5.97 Å². The number of amides is 6. The molecule has 7 atom stereocenters. The molecule has 0 saturated heterocycles. The van der Waals surface area contributed by atoms with Crippen LogP contribution in [0, 0.1) is 0 Å². The molecule has 0 aliphatic carbocycles. The van der Waals surface area contributed by atoms with Crippen LogP contribution in [0.2, 0.25) is 0 Å². The fourth-order valence-corrected chi connectivity index (χ4v) is 6.50. The Hall–Kier alpha value is -7.09. The monoisotopic (exact) mass is 1030 g/mol. The first kappa shape index (κ1) is 63.9. The maximum atomic E-state index is 14.3. The number of nitrogens with two attached hydrogens (primary N) is 12. The molecule has 0 spiro atoms. The fraction of sp³-hybridized carbons (Fsp3) is 0.692. The first-order valence-corrected chi connectivity index (χ1v) is 23.5. The van der Waals surface area contributed by atoms with Gasteiger partial charge in [-0.25, -0.2) is 4.79 Å². The van der Waals surface area contributed by atoms with Gasteiger partial charge in [0.15, 0.2) is 29.8 Å². The van der Waals surface area contributed by atoms with E-state index in [0.29, 0.717) is 12.8 Å². The molecule has 0 radical (unpaired) electrons. The summed E-state index contributed by atoms with van der Waals surface area (Å²) in [6.07, 6.45) is 1.31. The number of hydrogen-bond acceptors (Lipinski definition) is 15. The number of hydrogen-bond donors (Lipinski definition) is 20. The highest BCUT2D eigenvalue weighted by molar-refractivity contribution is 7.80. The molecular formula is C39H79N23O8S. The highest BCUT2D eigenvalue weighted by Gasteiger charge is 2.33. The van der Waals surface area contributed by atoms with Gasteiger partial charge in [0.1, 0.15) is 36.3 Å². The van der Waals surface area contributed by atoms with Gasteiger partial charge in [-0.3, -0.25) is 53.7 Å². The van der Waals surface area contributed by atoms with Crippen molar-refractivity contribution in [1.82, 2.24) is 31.9 Å². The Labute approximate surface area is 418 Å². The third-order valence-corrected chi connectivity index (χ3v) is 10.4. The Morgan fingerprint density at radius 1 is 0.380 bits per heavy atom. The second-order valence-electron chi connectivity index (χ2n) is 16.0. The molecule has 0 saturated carbocycles. The summed E-state index contributed by atoms with van der Waals surface area (Å²) < 4.78 is 0. The van der Waals surface area contributed by atoms with Crippen molar-refractivity contribution in [2.45, 2.75) is 126 Å². The Morgan fingerprint density at radius 3 is 0.831 bits per heavy atom. The molecule has 0 fully saturated rings. The van der Waals surface area contributed by atoms with Crippen molar-refractivity contribution in [3.63, 3.8) is 0 Å². The van der Waals surface area contributed by atoms with Crippen LogP contribution in [0.3, 0.4) is 0 Å². The molecule has 0 aromatic carbocycles. The molecule has 71 heavy (non-hydrogen) atoms. The Bertz CT molecular complexity index is 1830. The predicted molar refractivity (Wildman–Crippen MR) is 274 cm³/mol. The third-order valence-electron chi connectivity index (χ3n) is 9.99. The van der Waals surface area contributed by atoms with Crippen molar-refractivity contribution >= 4 is 83.8 Å². The molecule has 0 aliphatic rings. The van der Waals surface area contributed by atoms with Crippen LogP contribution in [0.25, 0.3) is 0 Å². The van der Waals surface area contributed by atoms with Crippen LogP contribution in [-0.4, -0.2) is 164 Å². The lowest BCUT2D eigenvalue weighted by molar-refractivity contribution is -0.142. The Balaban J connectivity index is 6.95. The zero-order chi connectivity index (χ0) is 53.9. The topological polar surface area (TPSA) is 586 Å². The van der Waals surface area contributed by atoms with Crippen LogP contribution in [0.15, 0.2) is 25.0 Å². The van der Waals surface area contributed by atoms with Gasteiger partial charge < -0.3 is 106 Å². The molecule has 31 N–H and O–H groups in total. The molecule has 0 aromatic rings. The number of aliphatic carboxylic acids is 1. The minimum Gasteiger partial charge on any atom is -0.480 e. The lowest BCUT2D eigenvalue weighted by Crippen LogP contribution is -2.60. The lowest BCUT2D eigenvalue weighted by Gasteiger charge is -2.28. The average Bonchev–Trinajstić information content (AvgIpc) is 3.29. The van der Waals surface area contributed by atoms with E-state index < -0.39 is 83.7 Å². The standard InChI is InChI=1S/C39H79N23O8S/c40-14-2-1-8-22(29(64)61-26(12-6-18-55-38(48)49)33(68)62-27(34(69)70)13-7-19-56-39(50)51)58-31(66)24(10-4-16-53-36(44)45)60-32(67)25(11-5-17-54-37(46)47)59-30(65)23(9-3-15-52-35(42)43)57-28(63)21(41)20-71/h21-27,71H,1-20,40-41H2,(H,57,63)(H,58,66)(H,59,65)(H,60,67)(H,61,64)(H,62,68)(H,69,70)(H4,42,43,52)(H4,44,45,53)(H4,46,47,54)(H4,48,49,55)(H4,50,51,56). The van der Waals surface area contributed by atoms with Crippen LogP contribution in [0.1, 0.15) is 83.5 Å². The van der Waals surface area contributed by atoms with Gasteiger partial charge in [-0.05, 0) is 90.0 Å². The number of carbonyl (C=O) groups is 7. The number of guanidine groups is 5. The van der Waals surface area contributed by atoms with Gasteiger partial charge in [0, 0.05) is 38.5 Å². The molecule has 0 rings (SSSR count). The Morgan fingerprint density at radius 2 is 0.606 bits per heavy atom. The van der Waals surface area contributed by atoms with Crippen molar-refractivity contribution in [3.8, 4) is 0 Å². The maximum absolute atomic E-state index is 14.3. The van der Waals surface area contributed by atoms with Crippen LogP contribution < -0.4 is 101 Å². The number of thiol groups is 1. The zero-order valence-electron chi connectivity index (χ0n) is 40.1. The number of unbranched alkanes of at least 4 members (excludes halogenated alkanes) is 1. The number of rotatable bonds is 38. The summed E-state index contributed by atoms with van der Waals surface area (Å²) in [7, 11) is 0. The fourth-order valence-electron chi connectivity index (χ4n) is 6.34. The second-order valence-corrected chi connectivity index (χ2v) is 16.4. The number of nitrogens with zero attached hydrogens (tertiary/aromatic N) is 5. The highest BCUT2D eigenvalue weighted by Crippen LogP contribution is 2.10. The molecule has 0 aromatic heterocycles. The molecule has 0 bridgehead atoms. The summed E-state index contributed by atoms with van der Waals surface area (Å²) in [4.78, 5) is 115. The largest absolute Gasteiger partial charge is 0.480 e. The Kier molecular flexibility index (Phi) is 33.2. The van der Waals surface area contributed by atoms with Crippen molar-refractivity contribution in [2.24, 2.45) is 93.8 Å². The van der Waals surface area contributed by atoms with E-state index in [-0.39, 0.29) is 145 Å². The van der Waals surface area contributed by atoms with E-state index in [1.165, 1.54) is 0 Å². The van der Waals surface area contributed by atoms with Gasteiger partial charge in [-0.1, -0.05) is 0 Å². The van der Waals surface area contributed by atoms with Gasteiger partial charge in [0.2, 0.25) is 35.4 Å².